The molecule has 0 aliphatic rings. The molecule has 5 heteroatoms. The van der Waals surface area contributed by atoms with Gasteiger partial charge in [-0.1, -0.05) is 65.9 Å². The van der Waals surface area contributed by atoms with E-state index in [1.54, 1.807) is 11.8 Å². The second-order valence-electron chi connectivity index (χ2n) is 6.94. The third kappa shape index (κ3) is 4.05. The first-order valence-electron chi connectivity index (χ1n) is 9.33. The first-order valence-corrected chi connectivity index (χ1v) is 11.2. The molecule has 2 heterocycles. The lowest BCUT2D eigenvalue weighted by Gasteiger charge is -2.13. The van der Waals surface area contributed by atoms with Gasteiger partial charge in [-0.05, 0) is 48.4 Å². The van der Waals surface area contributed by atoms with Gasteiger partial charge in [-0.15, -0.1) is 11.3 Å². The van der Waals surface area contributed by atoms with Gasteiger partial charge in [0.15, 0.2) is 5.16 Å². The number of thioether (sulfide) groups is 1. The predicted octanol–water partition coefficient (Wildman–Crippen LogP) is 5.61. The number of rotatable bonds is 6. The van der Waals surface area contributed by atoms with E-state index in [0.29, 0.717) is 6.54 Å². The van der Waals surface area contributed by atoms with Crippen molar-refractivity contribution >= 4 is 33.3 Å². The number of benzene rings is 2. The highest BCUT2D eigenvalue weighted by Crippen LogP contribution is 2.26. The monoisotopic (exact) mass is 406 g/mol. The van der Waals surface area contributed by atoms with Crippen LogP contribution in [-0.2, 0) is 18.7 Å². The molecule has 0 saturated heterocycles. The van der Waals surface area contributed by atoms with Gasteiger partial charge in [-0.2, -0.15) is 0 Å². The lowest BCUT2D eigenvalue weighted by Crippen LogP contribution is -2.23. The van der Waals surface area contributed by atoms with Crippen molar-refractivity contribution in [2.75, 3.05) is 0 Å². The van der Waals surface area contributed by atoms with E-state index in [2.05, 4.69) is 44.2 Å². The summed E-state index contributed by atoms with van der Waals surface area (Å²) in [5, 5.41) is 2.74. The van der Waals surface area contributed by atoms with Crippen LogP contribution < -0.4 is 5.56 Å². The fourth-order valence-electron chi connectivity index (χ4n) is 3.21. The number of thiophene rings is 1. The van der Waals surface area contributed by atoms with Gasteiger partial charge in [0.25, 0.3) is 5.56 Å². The molecule has 0 spiro atoms. The Balaban J connectivity index is 1.65. The molecule has 4 rings (SSSR count). The number of hydrogen-bond donors (Lipinski definition) is 0. The number of aryl methyl sites for hydroxylation is 3. The summed E-state index contributed by atoms with van der Waals surface area (Å²) in [7, 11) is 0. The lowest BCUT2D eigenvalue weighted by molar-refractivity contribution is 0.596. The Labute approximate surface area is 173 Å². The predicted molar refractivity (Wildman–Crippen MR) is 120 cm³/mol. The summed E-state index contributed by atoms with van der Waals surface area (Å²) < 4.78 is 2.59. The standard InChI is InChI=1S/C23H22N2OS2/c1-16-8-9-17(2)19(14-16)15-28-23-24-20-11-13-27-21(20)22(26)25(23)12-10-18-6-4-3-5-7-18/h3-9,11,13-14H,10,12,15H2,1-2H3. The van der Waals surface area contributed by atoms with Crippen LogP contribution in [0.25, 0.3) is 10.2 Å². The zero-order valence-corrected chi connectivity index (χ0v) is 17.6. The molecular formula is C23H22N2OS2. The molecule has 0 radical (unpaired) electrons. The summed E-state index contributed by atoms with van der Waals surface area (Å²) in [6.45, 7) is 4.88. The maximum Gasteiger partial charge on any atom is 0.272 e. The molecule has 4 aromatic rings. The molecule has 0 N–H and O–H groups in total. The van der Waals surface area contributed by atoms with Gasteiger partial charge in [0, 0.05) is 12.3 Å². The summed E-state index contributed by atoms with van der Waals surface area (Å²) in [5.74, 6) is 0.806. The normalized spacial score (nSPS) is 11.2. The van der Waals surface area contributed by atoms with Crippen LogP contribution in [0.5, 0.6) is 0 Å². The Morgan fingerprint density at radius 2 is 1.89 bits per heavy atom. The molecule has 0 bridgehead atoms. The van der Waals surface area contributed by atoms with Crippen LogP contribution >= 0.6 is 23.1 Å². The zero-order chi connectivity index (χ0) is 19.5. The topological polar surface area (TPSA) is 34.9 Å². The maximum absolute atomic E-state index is 13.1. The minimum Gasteiger partial charge on any atom is -0.286 e. The quantitative estimate of drug-likeness (QED) is 0.308. The van der Waals surface area contributed by atoms with Crippen LogP contribution in [0.15, 0.2) is 69.9 Å². The smallest absolute Gasteiger partial charge is 0.272 e. The van der Waals surface area contributed by atoms with Crippen molar-refractivity contribution in [1.29, 1.82) is 0 Å². The molecule has 3 nitrogen and oxygen atoms in total. The van der Waals surface area contributed by atoms with E-state index in [0.717, 1.165) is 27.5 Å². The second kappa shape index (κ2) is 8.33. The molecule has 0 saturated carbocycles. The number of aromatic nitrogens is 2. The van der Waals surface area contributed by atoms with E-state index < -0.39 is 0 Å². The van der Waals surface area contributed by atoms with Gasteiger partial charge in [0.2, 0.25) is 0 Å². The molecule has 0 fully saturated rings. The Morgan fingerprint density at radius 1 is 1.07 bits per heavy atom. The van der Waals surface area contributed by atoms with E-state index in [4.69, 9.17) is 4.98 Å². The van der Waals surface area contributed by atoms with Crippen molar-refractivity contribution in [3.05, 3.63) is 92.6 Å². The Kier molecular flexibility index (Phi) is 5.64. The van der Waals surface area contributed by atoms with Crippen LogP contribution in [-0.4, -0.2) is 9.55 Å². The summed E-state index contributed by atoms with van der Waals surface area (Å²) in [5.41, 5.74) is 5.91. The zero-order valence-electron chi connectivity index (χ0n) is 16.0. The third-order valence-electron chi connectivity index (χ3n) is 4.86. The Bertz CT molecular complexity index is 1160. The third-order valence-corrected chi connectivity index (χ3v) is 6.78. The highest BCUT2D eigenvalue weighted by Gasteiger charge is 2.13. The van der Waals surface area contributed by atoms with Crippen LogP contribution in [0.3, 0.4) is 0 Å². The van der Waals surface area contributed by atoms with Gasteiger partial charge in [-0.3, -0.25) is 9.36 Å². The highest BCUT2D eigenvalue weighted by atomic mass is 32.2. The summed E-state index contributed by atoms with van der Waals surface area (Å²) >= 11 is 3.12. The molecule has 2 aromatic carbocycles. The molecule has 2 aromatic heterocycles. The van der Waals surface area contributed by atoms with Crippen molar-refractivity contribution in [2.24, 2.45) is 0 Å². The highest BCUT2D eigenvalue weighted by molar-refractivity contribution is 7.98. The molecule has 0 amide bonds. The van der Waals surface area contributed by atoms with Crippen molar-refractivity contribution in [3.8, 4) is 0 Å². The van der Waals surface area contributed by atoms with E-state index in [1.807, 2.05) is 34.2 Å². The van der Waals surface area contributed by atoms with Crippen LogP contribution in [0.1, 0.15) is 22.3 Å². The van der Waals surface area contributed by atoms with E-state index in [1.165, 1.54) is 33.6 Å². The molecule has 0 unspecified atom stereocenters. The van der Waals surface area contributed by atoms with Crippen molar-refractivity contribution in [3.63, 3.8) is 0 Å². The number of nitrogens with zero attached hydrogens (tertiary/aromatic N) is 2. The molecule has 142 valence electrons. The molecular weight excluding hydrogens is 384 g/mol. The summed E-state index contributed by atoms with van der Waals surface area (Å²) in [4.78, 5) is 17.9. The SMILES string of the molecule is Cc1ccc(C)c(CSc2nc3ccsc3c(=O)n2CCc2ccccc2)c1. The summed E-state index contributed by atoms with van der Waals surface area (Å²) in [6.07, 6.45) is 0.816. The molecule has 0 aliphatic heterocycles. The van der Waals surface area contributed by atoms with E-state index in [-0.39, 0.29) is 5.56 Å². The second-order valence-corrected chi connectivity index (χ2v) is 8.80. The Hall–Kier alpha value is -2.37. The van der Waals surface area contributed by atoms with Crippen LogP contribution in [0.2, 0.25) is 0 Å². The Morgan fingerprint density at radius 3 is 2.71 bits per heavy atom. The molecule has 28 heavy (non-hydrogen) atoms. The number of hydrogen-bond acceptors (Lipinski definition) is 4. The lowest BCUT2D eigenvalue weighted by atomic mass is 10.1. The van der Waals surface area contributed by atoms with Crippen molar-refractivity contribution in [2.45, 2.75) is 37.7 Å². The van der Waals surface area contributed by atoms with Gasteiger partial charge in [-0.25, -0.2) is 4.98 Å². The minimum atomic E-state index is 0.0689. The molecule has 0 atom stereocenters. The fourth-order valence-corrected chi connectivity index (χ4v) is 5.08. The van der Waals surface area contributed by atoms with E-state index >= 15 is 0 Å². The summed E-state index contributed by atoms with van der Waals surface area (Å²) in [6, 6.07) is 18.7. The number of fused-ring (bicyclic) bond motifs is 1. The van der Waals surface area contributed by atoms with Crippen LogP contribution in [0, 0.1) is 13.8 Å². The minimum absolute atomic E-state index is 0.0689. The van der Waals surface area contributed by atoms with E-state index in [9.17, 15) is 4.79 Å². The first-order chi connectivity index (χ1) is 13.6. The average molecular weight is 407 g/mol. The van der Waals surface area contributed by atoms with Crippen molar-refractivity contribution < 1.29 is 0 Å². The van der Waals surface area contributed by atoms with Gasteiger partial charge in [0.1, 0.15) is 4.70 Å². The van der Waals surface area contributed by atoms with Crippen molar-refractivity contribution in [1.82, 2.24) is 9.55 Å². The first kappa shape index (κ1) is 19.0. The van der Waals surface area contributed by atoms with Gasteiger partial charge < -0.3 is 0 Å². The fraction of sp³-hybridized carbons (Fsp3) is 0.217. The maximum atomic E-state index is 13.1. The largest absolute Gasteiger partial charge is 0.286 e. The van der Waals surface area contributed by atoms with Crippen LogP contribution in [0.4, 0.5) is 0 Å². The van der Waals surface area contributed by atoms with Gasteiger partial charge in [0.05, 0.1) is 5.52 Å². The van der Waals surface area contributed by atoms with Gasteiger partial charge >= 0.3 is 0 Å². The molecule has 0 aliphatic carbocycles. The average Bonchev–Trinajstić information content (AvgIpc) is 3.18.